The van der Waals surface area contributed by atoms with E-state index in [0.29, 0.717) is 0 Å². The van der Waals surface area contributed by atoms with Crippen LogP contribution in [0.2, 0.25) is 0 Å². The van der Waals surface area contributed by atoms with E-state index in [1.54, 1.807) is 0 Å². The van der Waals surface area contributed by atoms with E-state index in [1.807, 2.05) is 0 Å². The molecule has 0 spiro atoms. The number of para-hydroxylation sites is 3. The van der Waals surface area contributed by atoms with Crippen LogP contribution in [0.1, 0.15) is 0 Å². The highest BCUT2D eigenvalue weighted by Gasteiger charge is 2.25. The molecule has 0 saturated heterocycles. The van der Waals surface area contributed by atoms with Crippen LogP contribution < -0.4 is 4.90 Å². The largest absolute Gasteiger partial charge is 0.310 e. The molecule has 0 radical (unpaired) electrons. The Morgan fingerprint density at radius 3 is 0.588 bits per heavy atom. The summed E-state index contributed by atoms with van der Waals surface area (Å²) < 4.78 is 9.83. The van der Waals surface area contributed by atoms with Gasteiger partial charge in [0.1, 0.15) is 0 Å². The minimum atomic E-state index is 1.03. The van der Waals surface area contributed by atoms with Crippen molar-refractivity contribution >= 4 is 104 Å². The van der Waals surface area contributed by atoms with E-state index in [-0.39, 0.29) is 0 Å². The third-order valence-electron chi connectivity index (χ3n) is 26.6. The second-order valence-corrected chi connectivity index (χ2v) is 34.4. The van der Waals surface area contributed by atoms with Crippen LogP contribution in [0.25, 0.3) is 221 Å². The lowest BCUT2D eigenvalue weighted by Gasteiger charge is -2.27. The van der Waals surface area contributed by atoms with Crippen LogP contribution in [0.15, 0.2) is 504 Å². The second-order valence-electron chi connectivity index (χ2n) is 34.4. The van der Waals surface area contributed by atoms with Crippen molar-refractivity contribution < 1.29 is 0 Å². The van der Waals surface area contributed by atoms with Gasteiger partial charge >= 0.3 is 0 Å². The third kappa shape index (κ3) is 13.6. The van der Waals surface area contributed by atoms with Crippen LogP contribution in [-0.4, -0.2) is 18.3 Å². The summed E-state index contributed by atoms with van der Waals surface area (Å²) in [5.74, 6) is 0. The minimum Gasteiger partial charge on any atom is -0.310 e. The van der Waals surface area contributed by atoms with E-state index in [4.69, 9.17) is 0 Å². The second kappa shape index (κ2) is 31.9. The molecule has 0 bridgehead atoms. The maximum atomic E-state index is 2.47. The van der Waals surface area contributed by atoms with E-state index in [9.17, 15) is 0 Å². The number of fused-ring (bicyclic) bond motifs is 12. The number of rotatable bonds is 17. The van der Waals surface area contributed by atoms with Gasteiger partial charge in [0.2, 0.25) is 0 Å². The van der Waals surface area contributed by atoms with Gasteiger partial charge in [0.15, 0.2) is 0 Å². The molecule has 0 fully saturated rings. The van der Waals surface area contributed by atoms with E-state index in [1.165, 1.54) is 121 Å². The van der Waals surface area contributed by atoms with Crippen molar-refractivity contribution in [1.29, 1.82) is 0 Å². The monoisotopic (exact) mass is 1670 g/mol. The zero-order valence-corrected chi connectivity index (χ0v) is 71.7. The first-order valence-electron chi connectivity index (χ1n) is 45.1. The van der Waals surface area contributed by atoms with Gasteiger partial charge < -0.3 is 23.2 Å². The highest BCUT2D eigenvalue weighted by atomic mass is 15.1. The molecular formula is C126H83N5. The van der Waals surface area contributed by atoms with Crippen molar-refractivity contribution in [3.05, 3.63) is 504 Å². The Kier molecular flexibility index (Phi) is 18.5. The summed E-state index contributed by atoms with van der Waals surface area (Å²) in [6.45, 7) is 0. The van der Waals surface area contributed by atoms with Crippen LogP contribution in [-0.2, 0) is 0 Å². The summed E-state index contributed by atoms with van der Waals surface area (Å²) >= 11 is 0. The van der Waals surface area contributed by atoms with E-state index in [0.717, 1.165) is 117 Å². The van der Waals surface area contributed by atoms with Gasteiger partial charge in [0, 0.05) is 82.9 Å². The number of benzene rings is 21. The Balaban J connectivity index is 0.580. The summed E-state index contributed by atoms with van der Waals surface area (Å²) in [6, 6.07) is 186. The lowest BCUT2D eigenvalue weighted by molar-refractivity contribution is 1.16. The van der Waals surface area contributed by atoms with Crippen LogP contribution in [0.4, 0.5) is 17.1 Å². The zero-order valence-electron chi connectivity index (χ0n) is 71.7. The number of aromatic nitrogens is 4. The predicted molar refractivity (Wildman–Crippen MR) is 553 cm³/mol. The molecule has 0 N–H and O–H groups in total. The number of hydrogen-bond acceptors (Lipinski definition) is 1. The van der Waals surface area contributed by atoms with Gasteiger partial charge in [-0.15, -0.1) is 0 Å². The van der Waals surface area contributed by atoms with Crippen molar-refractivity contribution in [3.63, 3.8) is 0 Å². The van der Waals surface area contributed by atoms with Gasteiger partial charge in [0.05, 0.1) is 44.1 Å². The molecule has 5 nitrogen and oxygen atoms in total. The molecule has 4 heterocycles. The fourth-order valence-corrected chi connectivity index (χ4v) is 20.4. The highest BCUT2D eigenvalue weighted by molar-refractivity contribution is 6.16. The van der Waals surface area contributed by atoms with Crippen molar-refractivity contribution in [3.8, 4) is 134 Å². The van der Waals surface area contributed by atoms with Gasteiger partial charge in [-0.2, -0.15) is 0 Å². The molecule has 0 aliphatic heterocycles. The standard InChI is InChI=1S/C126H83N5/c1-8-30-84(31-9-1)92-56-62-123-115(76-92)117-80-96(94-58-64-121-113(78-94)111-52-22-24-54-119(111)128(121)105-46-26-42-90(74-105)102-70-98(86-34-12-3-13-35-86)68-99(71-102)87-36-14-4-15-37-87)60-66-125(117)130(123)109-50-28-48-107(82-109)127(104-44-20-7-21-45-104)108-49-29-51-110(83-108)131-124-63-57-93(85-32-10-2-11-33-85)77-116(124)118-81-97(61-67-126(118)131)95-59-65-122-114(79-95)112-53-23-25-55-120(112)129(122)106-47-27-43-91(75-106)103-72-100(88-38-16-5-17-39-88)69-101(73-103)89-40-18-6-19-41-89/h1-83H. The zero-order chi connectivity index (χ0) is 86.4. The molecule has 0 saturated carbocycles. The first-order chi connectivity index (χ1) is 64.9. The van der Waals surface area contributed by atoms with Gasteiger partial charge in [-0.25, -0.2) is 0 Å². The first kappa shape index (κ1) is 76.1. The normalized spacial score (nSPS) is 11.7. The Bertz CT molecular complexity index is 8140. The fourth-order valence-electron chi connectivity index (χ4n) is 20.4. The molecule has 0 atom stereocenters. The quantitative estimate of drug-likeness (QED) is 0.0891. The molecule has 0 aliphatic rings. The summed E-state index contributed by atoms with van der Waals surface area (Å²) in [6.07, 6.45) is 0. The molecule has 0 aliphatic carbocycles. The lowest BCUT2D eigenvalue weighted by Crippen LogP contribution is -2.11. The molecular weight excluding hydrogens is 1580 g/mol. The van der Waals surface area contributed by atoms with Gasteiger partial charge in [-0.05, 0) is 305 Å². The molecule has 4 aromatic heterocycles. The van der Waals surface area contributed by atoms with E-state index >= 15 is 0 Å². The number of anilines is 3. The maximum Gasteiger partial charge on any atom is 0.0541 e. The Labute approximate surface area is 759 Å². The summed E-state index contributed by atoms with van der Waals surface area (Å²) in [7, 11) is 0. The predicted octanol–water partition coefficient (Wildman–Crippen LogP) is 34.2. The molecule has 0 amide bonds. The molecule has 21 aromatic carbocycles. The van der Waals surface area contributed by atoms with Crippen molar-refractivity contribution in [2.24, 2.45) is 0 Å². The van der Waals surface area contributed by atoms with Crippen LogP contribution in [0.5, 0.6) is 0 Å². The molecule has 25 rings (SSSR count). The highest BCUT2D eigenvalue weighted by Crippen LogP contribution is 2.47. The average Bonchev–Trinajstić information content (AvgIpc) is 1.59. The van der Waals surface area contributed by atoms with Gasteiger partial charge in [-0.1, -0.05) is 309 Å². The Morgan fingerprint density at radius 1 is 0.107 bits per heavy atom. The van der Waals surface area contributed by atoms with Crippen LogP contribution in [0, 0.1) is 0 Å². The molecule has 5 heteroatoms. The van der Waals surface area contributed by atoms with E-state index < -0.39 is 0 Å². The van der Waals surface area contributed by atoms with Gasteiger partial charge in [0.25, 0.3) is 0 Å². The SMILES string of the molecule is c1ccc(-c2cc(-c3ccccc3)cc(-c3cccc(-n4c5ccccc5c5cc(-c6ccc7c(c6)c6cc(-c8ccccc8)ccc6n7-c6cccc(N(c7ccccc7)c7cccc(-n8c9ccc(-c%10ccccc%10)cc9c9cc(-c%10ccc%11c(c%10)c%10ccccc%10n%11-c%10cccc(-c%11cc(-c%12ccccc%12)cc(-c%12ccccc%12)c%11)c%10)ccc98)c7)c6)ccc54)c3)c2)cc1. The first-order valence-corrected chi connectivity index (χ1v) is 45.1. The summed E-state index contributed by atoms with van der Waals surface area (Å²) in [5.41, 5.74) is 40.0. The molecule has 0 unspecified atom stereocenters. The van der Waals surface area contributed by atoms with Crippen LogP contribution >= 0.6 is 0 Å². The Morgan fingerprint density at radius 2 is 0.298 bits per heavy atom. The van der Waals surface area contributed by atoms with Gasteiger partial charge in [-0.3, -0.25) is 0 Å². The maximum absolute atomic E-state index is 2.47. The minimum absolute atomic E-state index is 1.03. The smallest absolute Gasteiger partial charge is 0.0541 e. The number of nitrogens with zero attached hydrogens (tertiary/aromatic N) is 5. The Hall–Kier alpha value is -17.4. The fraction of sp³-hybridized carbons (Fsp3) is 0. The van der Waals surface area contributed by atoms with E-state index in [2.05, 4.69) is 527 Å². The molecule has 131 heavy (non-hydrogen) atoms. The number of hydrogen-bond donors (Lipinski definition) is 0. The topological polar surface area (TPSA) is 23.0 Å². The van der Waals surface area contributed by atoms with Crippen LogP contribution in [0.3, 0.4) is 0 Å². The third-order valence-corrected chi connectivity index (χ3v) is 26.6. The van der Waals surface area contributed by atoms with Crippen molar-refractivity contribution in [1.82, 2.24) is 18.3 Å². The lowest BCUT2D eigenvalue weighted by atomic mass is 9.93. The average molecular weight is 1670 g/mol. The molecule has 25 aromatic rings. The van der Waals surface area contributed by atoms with Crippen molar-refractivity contribution in [2.45, 2.75) is 0 Å². The molecule has 612 valence electrons. The summed E-state index contributed by atoms with van der Waals surface area (Å²) in [5, 5.41) is 9.53. The summed E-state index contributed by atoms with van der Waals surface area (Å²) in [4.78, 5) is 2.42. The van der Waals surface area contributed by atoms with Crippen molar-refractivity contribution in [2.75, 3.05) is 4.90 Å².